The third-order valence-electron chi connectivity index (χ3n) is 8.11. The van der Waals surface area contributed by atoms with E-state index in [1.165, 1.54) is 20.3 Å². The molecule has 3 aromatic carbocycles. The Morgan fingerprint density at radius 2 is 1.56 bits per heavy atom. The van der Waals surface area contributed by atoms with Gasteiger partial charge in [-0.1, -0.05) is 49.2 Å². The molecule has 0 amide bonds. The van der Waals surface area contributed by atoms with Gasteiger partial charge in [0.1, 0.15) is 5.78 Å². The predicted octanol–water partition coefficient (Wildman–Crippen LogP) is 5.44. The van der Waals surface area contributed by atoms with Crippen molar-refractivity contribution in [2.24, 2.45) is 5.92 Å². The molecule has 0 bridgehead atoms. The molecule has 0 heterocycles. The molecule has 1 aliphatic carbocycles. The molecule has 7 nitrogen and oxygen atoms in total. The predicted molar refractivity (Wildman–Crippen MR) is 149 cm³/mol. The van der Waals surface area contributed by atoms with Gasteiger partial charge in [-0.2, -0.15) is 0 Å². The van der Waals surface area contributed by atoms with Gasteiger partial charge in [-0.05, 0) is 73.1 Å². The summed E-state index contributed by atoms with van der Waals surface area (Å²) in [5, 5.41) is 41.8. The number of carbonyl (C=O) groups excluding carboxylic acids is 1. The molecule has 2 unspecified atom stereocenters. The van der Waals surface area contributed by atoms with E-state index in [1.807, 2.05) is 30.3 Å². The lowest BCUT2D eigenvalue weighted by Crippen LogP contribution is -2.36. The number of aryl methyl sites for hydroxylation is 1. The van der Waals surface area contributed by atoms with Gasteiger partial charge in [-0.25, -0.2) is 0 Å². The minimum Gasteiger partial charge on any atom is -0.504 e. The smallest absolute Gasteiger partial charge is 0.200 e. The zero-order valence-corrected chi connectivity index (χ0v) is 22.6. The molecule has 7 heteroatoms. The third kappa shape index (κ3) is 6.48. The zero-order chi connectivity index (χ0) is 28.0. The van der Waals surface area contributed by atoms with E-state index >= 15 is 0 Å². The molecule has 0 spiro atoms. The van der Waals surface area contributed by atoms with Crippen molar-refractivity contribution in [1.82, 2.24) is 0 Å². The van der Waals surface area contributed by atoms with Gasteiger partial charge in [-0.15, -0.1) is 0 Å². The van der Waals surface area contributed by atoms with Crippen LogP contribution in [0.1, 0.15) is 55.2 Å². The summed E-state index contributed by atoms with van der Waals surface area (Å²) in [4.78, 5) is 14.0. The summed E-state index contributed by atoms with van der Waals surface area (Å²) in [6, 6.07) is 18.1. The molecule has 3 aromatic rings. The normalized spacial score (nSPS) is 16.0. The summed E-state index contributed by atoms with van der Waals surface area (Å²) in [5.74, 6) is -0.627. The van der Waals surface area contributed by atoms with Crippen LogP contribution >= 0.6 is 0 Å². The molecule has 4 rings (SSSR count). The van der Waals surface area contributed by atoms with E-state index in [4.69, 9.17) is 9.47 Å². The van der Waals surface area contributed by atoms with E-state index in [0.717, 1.165) is 42.4 Å². The highest BCUT2D eigenvalue weighted by Gasteiger charge is 2.41. The number of hydrogen-bond acceptors (Lipinski definition) is 7. The molecule has 2 atom stereocenters. The lowest BCUT2D eigenvalue weighted by atomic mass is 9.71. The van der Waals surface area contributed by atoms with E-state index in [9.17, 15) is 25.2 Å². The highest BCUT2D eigenvalue weighted by molar-refractivity contribution is 5.83. The molecule has 1 aliphatic rings. The van der Waals surface area contributed by atoms with Crippen molar-refractivity contribution in [3.63, 3.8) is 0 Å². The Balaban J connectivity index is 1.59. The largest absolute Gasteiger partial charge is 0.504 e. The third-order valence-corrected chi connectivity index (χ3v) is 8.11. The lowest BCUT2D eigenvalue weighted by Gasteiger charge is -2.32. The van der Waals surface area contributed by atoms with Crippen LogP contribution < -0.4 is 9.47 Å². The monoisotopic (exact) mass is 534 g/mol. The molecular weight excluding hydrogens is 496 g/mol. The van der Waals surface area contributed by atoms with Gasteiger partial charge in [0, 0.05) is 17.8 Å². The van der Waals surface area contributed by atoms with Crippen molar-refractivity contribution in [3.8, 4) is 28.7 Å². The first-order valence-electron chi connectivity index (χ1n) is 13.5. The van der Waals surface area contributed by atoms with E-state index in [2.05, 4.69) is 0 Å². The van der Waals surface area contributed by atoms with Crippen LogP contribution in [-0.4, -0.2) is 46.5 Å². The number of ketones is 1. The van der Waals surface area contributed by atoms with Gasteiger partial charge >= 0.3 is 0 Å². The summed E-state index contributed by atoms with van der Waals surface area (Å²) in [7, 11) is 2.92. The number of phenolic OH excluding ortho intramolecular Hbond substituents is 3. The summed E-state index contributed by atoms with van der Waals surface area (Å²) in [6.07, 6.45) is 4.10. The molecular formula is C32H38O7. The van der Waals surface area contributed by atoms with Gasteiger partial charge in [0.2, 0.25) is 5.75 Å². The highest BCUT2D eigenvalue weighted by Crippen LogP contribution is 2.49. The Labute approximate surface area is 229 Å². The number of aromatic hydroxyl groups is 3. The first-order chi connectivity index (χ1) is 18.8. The number of ether oxygens (including phenoxy) is 2. The Kier molecular flexibility index (Phi) is 9.02. The van der Waals surface area contributed by atoms with E-state index < -0.39 is 17.4 Å². The standard InChI is InChI=1S/C32H38O7/c1-38-29-17-22(11-13-26(29)34)10-12-25(33)24(16-21-8-4-3-5-9-21)28(36)20-32(14-6-7-15-32)23-18-27(35)31(37)30(19-23)39-2/h3-5,8-9,11,13,17-19,24-25,33-35,37H,6-7,10,12,14-16,20H2,1-2H3. The minimum absolute atomic E-state index is 0.0249. The summed E-state index contributed by atoms with van der Waals surface area (Å²) >= 11 is 0. The molecule has 0 aromatic heterocycles. The van der Waals surface area contributed by atoms with Crippen LogP contribution in [0.25, 0.3) is 0 Å². The number of phenols is 3. The van der Waals surface area contributed by atoms with Crippen LogP contribution in [0.2, 0.25) is 0 Å². The van der Waals surface area contributed by atoms with Crippen LogP contribution in [0.5, 0.6) is 28.7 Å². The van der Waals surface area contributed by atoms with Crippen LogP contribution in [-0.2, 0) is 23.1 Å². The van der Waals surface area contributed by atoms with Crippen LogP contribution in [0.4, 0.5) is 0 Å². The van der Waals surface area contributed by atoms with Gasteiger partial charge in [0.05, 0.1) is 20.3 Å². The number of hydrogen-bond donors (Lipinski definition) is 4. The Morgan fingerprint density at radius 3 is 2.23 bits per heavy atom. The molecule has 1 saturated carbocycles. The Morgan fingerprint density at radius 1 is 0.872 bits per heavy atom. The van der Waals surface area contributed by atoms with Gasteiger partial charge < -0.3 is 29.9 Å². The number of methoxy groups -OCH3 is 2. The maximum Gasteiger partial charge on any atom is 0.200 e. The van der Waals surface area contributed by atoms with E-state index in [0.29, 0.717) is 25.0 Å². The molecule has 1 fully saturated rings. The topological polar surface area (TPSA) is 116 Å². The first kappa shape index (κ1) is 28.3. The fourth-order valence-electron chi connectivity index (χ4n) is 5.86. The number of Topliss-reactive ketones (excluding diaryl/α,β-unsaturated/α-hetero) is 1. The van der Waals surface area contributed by atoms with Crippen molar-refractivity contribution in [2.75, 3.05) is 14.2 Å². The van der Waals surface area contributed by atoms with Crippen LogP contribution in [0.3, 0.4) is 0 Å². The second-order valence-electron chi connectivity index (χ2n) is 10.6. The molecule has 4 N–H and O–H groups in total. The number of carbonyl (C=O) groups is 1. The number of benzene rings is 3. The van der Waals surface area contributed by atoms with E-state index in [-0.39, 0.29) is 35.2 Å². The van der Waals surface area contributed by atoms with Crippen molar-refractivity contribution < 1.29 is 34.7 Å². The molecule has 0 aliphatic heterocycles. The summed E-state index contributed by atoms with van der Waals surface area (Å²) in [5.41, 5.74) is 2.14. The van der Waals surface area contributed by atoms with Crippen molar-refractivity contribution in [3.05, 3.63) is 77.4 Å². The molecule has 39 heavy (non-hydrogen) atoms. The maximum atomic E-state index is 14.0. The van der Waals surface area contributed by atoms with Crippen molar-refractivity contribution in [1.29, 1.82) is 0 Å². The Bertz CT molecular complexity index is 1270. The van der Waals surface area contributed by atoms with E-state index in [1.54, 1.807) is 24.3 Å². The van der Waals surface area contributed by atoms with Crippen LogP contribution in [0, 0.1) is 5.92 Å². The second kappa shape index (κ2) is 12.4. The lowest BCUT2D eigenvalue weighted by molar-refractivity contribution is -0.127. The molecule has 208 valence electrons. The van der Waals surface area contributed by atoms with Crippen molar-refractivity contribution >= 4 is 5.78 Å². The maximum absolute atomic E-state index is 14.0. The molecule has 0 radical (unpaired) electrons. The summed E-state index contributed by atoms with van der Waals surface area (Å²) in [6.45, 7) is 0. The Hall–Kier alpha value is -3.71. The molecule has 0 saturated heterocycles. The highest BCUT2D eigenvalue weighted by atomic mass is 16.5. The fourth-order valence-corrected chi connectivity index (χ4v) is 5.86. The number of aliphatic hydroxyl groups excluding tert-OH is 1. The van der Waals surface area contributed by atoms with Gasteiger partial charge in [0.15, 0.2) is 23.0 Å². The fraction of sp³-hybridized carbons (Fsp3) is 0.406. The average Bonchev–Trinajstić information content (AvgIpc) is 3.42. The van der Waals surface area contributed by atoms with Gasteiger partial charge in [-0.3, -0.25) is 4.79 Å². The van der Waals surface area contributed by atoms with Gasteiger partial charge in [0.25, 0.3) is 0 Å². The number of rotatable bonds is 12. The average molecular weight is 535 g/mol. The number of aliphatic hydroxyl groups is 1. The van der Waals surface area contributed by atoms with Crippen LogP contribution in [0.15, 0.2) is 60.7 Å². The SMILES string of the molecule is COc1cc(CCC(O)C(Cc2ccccc2)C(=O)CC2(c3cc(O)c(O)c(OC)c3)CCCC2)ccc1O. The van der Waals surface area contributed by atoms with Crippen molar-refractivity contribution in [2.45, 2.75) is 62.9 Å². The summed E-state index contributed by atoms with van der Waals surface area (Å²) < 4.78 is 10.5. The second-order valence-corrected chi connectivity index (χ2v) is 10.6. The minimum atomic E-state index is -0.876. The first-order valence-corrected chi connectivity index (χ1v) is 13.5. The quantitative estimate of drug-likeness (QED) is 0.229. The zero-order valence-electron chi connectivity index (χ0n) is 22.6.